The van der Waals surface area contributed by atoms with Gasteiger partial charge in [-0.1, -0.05) is 12.1 Å². The highest BCUT2D eigenvalue weighted by Gasteiger charge is 2.22. The average Bonchev–Trinajstić information content (AvgIpc) is 3.15. The number of nitrogens with zero attached hydrogens (tertiary/aromatic N) is 2. The minimum absolute atomic E-state index is 0.0409. The molecule has 0 unspecified atom stereocenters. The summed E-state index contributed by atoms with van der Waals surface area (Å²) in [6.07, 6.45) is -0.568. The molecule has 1 aliphatic heterocycles. The summed E-state index contributed by atoms with van der Waals surface area (Å²) in [5.74, 6) is -0.331. The molecule has 8 heteroatoms. The van der Waals surface area contributed by atoms with Crippen molar-refractivity contribution in [3.05, 3.63) is 47.1 Å². The van der Waals surface area contributed by atoms with E-state index in [1.807, 2.05) is 12.1 Å². The van der Waals surface area contributed by atoms with Gasteiger partial charge in [-0.3, -0.25) is 9.69 Å². The number of nitrogens with one attached hydrogen (secondary N) is 1. The van der Waals surface area contributed by atoms with Gasteiger partial charge >= 0.3 is 6.09 Å². The van der Waals surface area contributed by atoms with Gasteiger partial charge in [0.15, 0.2) is 0 Å². The first-order chi connectivity index (χ1) is 13.5. The topological polar surface area (TPSA) is 61.9 Å². The highest BCUT2D eigenvalue weighted by Crippen LogP contribution is 2.29. The normalized spacial score (nSPS) is 14.7. The van der Waals surface area contributed by atoms with Gasteiger partial charge in [-0.15, -0.1) is 11.3 Å². The van der Waals surface area contributed by atoms with Crippen LogP contribution in [0.25, 0.3) is 10.4 Å². The maximum atomic E-state index is 13.4. The van der Waals surface area contributed by atoms with Crippen molar-refractivity contribution in [2.75, 3.05) is 39.3 Å². The van der Waals surface area contributed by atoms with Crippen molar-refractivity contribution >= 4 is 23.3 Å². The number of hydrogen-bond donors (Lipinski definition) is 1. The molecule has 1 N–H and O–H groups in total. The van der Waals surface area contributed by atoms with Crippen LogP contribution >= 0.6 is 11.3 Å². The van der Waals surface area contributed by atoms with Gasteiger partial charge in [-0.2, -0.15) is 0 Å². The molecular weight excluding hydrogens is 381 g/mol. The Balaban J connectivity index is 1.46. The van der Waals surface area contributed by atoms with Crippen molar-refractivity contribution in [2.45, 2.75) is 13.5 Å². The molecule has 2 heterocycles. The zero-order valence-electron chi connectivity index (χ0n) is 15.8. The molecule has 0 atom stereocenters. The van der Waals surface area contributed by atoms with Crippen molar-refractivity contribution in [1.82, 2.24) is 15.1 Å². The molecule has 6 nitrogen and oxygen atoms in total. The van der Waals surface area contributed by atoms with Crippen molar-refractivity contribution in [1.29, 1.82) is 0 Å². The number of halogens is 1. The van der Waals surface area contributed by atoms with Gasteiger partial charge < -0.3 is 15.0 Å². The smallest absolute Gasteiger partial charge is 0.407 e. The highest BCUT2D eigenvalue weighted by molar-refractivity contribution is 7.15. The van der Waals surface area contributed by atoms with Gasteiger partial charge in [0.05, 0.1) is 6.61 Å². The molecule has 0 spiro atoms. The summed E-state index contributed by atoms with van der Waals surface area (Å²) >= 11 is 1.66. The molecule has 2 amide bonds. The third-order valence-corrected chi connectivity index (χ3v) is 5.65. The molecule has 28 heavy (non-hydrogen) atoms. The Kier molecular flexibility index (Phi) is 7.00. The lowest BCUT2D eigenvalue weighted by atomic mass is 10.2. The predicted octanol–water partition coefficient (Wildman–Crippen LogP) is 2.94. The number of alkyl carbamates (subject to hydrolysis) is 1. The summed E-state index contributed by atoms with van der Waals surface area (Å²) in [4.78, 5) is 29.8. The number of carbonyl (C=O) groups excluding carboxylic acids is 2. The Hall–Kier alpha value is -2.45. The van der Waals surface area contributed by atoms with Gasteiger partial charge in [0.2, 0.25) is 5.91 Å². The standard InChI is InChI=1S/C20H24FN3O3S/c1-2-27-20(26)22-13-19(25)24-10-8-23(9-11-24)14-17-6-7-18(28-17)15-4-3-5-16(21)12-15/h3-7,12H,2,8-11,13-14H2,1H3,(H,22,26). The molecule has 1 aliphatic rings. The number of thiophene rings is 1. The molecule has 150 valence electrons. The Labute approximate surface area is 167 Å². The first kappa shape index (κ1) is 20.3. The zero-order valence-corrected chi connectivity index (χ0v) is 16.6. The number of ether oxygens (including phenoxy) is 1. The minimum atomic E-state index is -0.568. The van der Waals surface area contributed by atoms with Crippen molar-refractivity contribution in [3.8, 4) is 10.4 Å². The van der Waals surface area contributed by atoms with Crippen molar-refractivity contribution in [3.63, 3.8) is 0 Å². The molecule has 0 saturated carbocycles. The summed E-state index contributed by atoms with van der Waals surface area (Å²) in [6, 6.07) is 10.7. The molecule has 1 fully saturated rings. The fourth-order valence-electron chi connectivity index (χ4n) is 3.08. The SMILES string of the molecule is CCOC(=O)NCC(=O)N1CCN(Cc2ccc(-c3cccc(F)c3)s2)CC1. The first-order valence-corrected chi connectivity index (χ1v) is 10.1. The minimum Gasteiger partial charge on any atom is -0.450 e. The zero-order chi connectivity index (χ0) is 19.9. The van der Waals surface area contributed by atoms with E-state index in [2.05, 4.69) is 16.3 Å². The third kappa shape index (κ3) is 5.53. The van der Waals surface area contributed by atoms with E-state index in [0.717, 1.165) is 30.1 Å². The lowest BCUT2D eigenvalue weighted by Gasteiger charge is -2.34. The first-order valence-electron chi connectivity index (χ1n) is 9.30. The third-order valence-electron chi connectivity index (χ3n) is 4.53. The van der Waals surface area contributed by atoms with Crippen LogP contribution in [0.4, 0.5) is 9.18 Å². The van der Waals surface area contributed by atoms with Crippen LogP contribution in [0.2, 0.25) is 0 Å². The molecule has 3 rings (SSSR count). The molecule has 0 radical (unpaired) electrons. The van der Waals surface area contributed by atoms with Crippen LogP contribution in [0.15, 0.2) is 36.4 Å². The molecule has 2 aromatic rings. The van der Waals surface area contributed by atoms with E-state index in [0.29, 0.717) is 13.1 Å². The van der Waals surface area contributed by atoms with E-state index in [9.17, 15) is 14.0 Å². The Morgan fingerprint density at radius 2 is 1.96 bits per heavy atom. The Bertz CT molecular complexity index is 819. The van der Waals surface area contributed by atoms with E-state index >= 15 is 0 Å². The molecular formula is C20H24FN3O3S. The largest absolute Gasteiger partial charge is 0.450 e. The number of hydrogen-bond acceptors (Lipinski definition) is 5. The monoisotopic (exact) mass is 405 g/mol. The predicted molar refractivity (Wildman–Crippen MR) is 107 cm³/mol. The number of benzene rings is 1. The number of rotatable bonds is 6. The van der Waals surface area contributed by atoms with Gasteiger partial charge in [0, 0.05) is 42.5 Å². The molecule has 1 aromatic carbocycles. The van der Waals surface area contributed by atoms with Crippen LogP contribution in [0.3, 0.4) is 0 Å². The maximum absolute atomic E-state index is 13.4. The number of amides is 2. The second-order valence-corrected chi connectivity index (χ2v) is 7.68. The molecule has 0 aliphatic carbocycles. The fourth-order valence-corrected chi connectivity index (χ4v) is 4.12. The van der Waals surface area contributed by atoms with Crippen LogP contribution < -0.4 is 5.32 Å². The highest BCUT2D eigenvalue weighted by atomic mass is 32.1. The van der Waals surface area contributed by atoms with Gasteiger partial charge in [0.1, 0.15) is 12.4 Å². The Morgan fingerprint density at radius 1 is 1.18 bits per heavy atom. The maximum Gasteiger partial charge on any atom is 0.407 e. The van der Waals surface area contributed by atoms with Crippen LogP contribution in [0, 0.1) is 5.82 Å². The van der Waals surface area contributed by atoms with E-state index in [1.165, 1.54) is 10.9 Å². The van der Waals surface area contributed by atoms with Crippen LogP contribution in [0.5, 0.6) is 0 Å². The summed E-state index contributed by atoms with van der Waals surface area (Å²) in [5.41, 5.74) is 0.890. The molecule has 0 bridgehead atoms. The summed E-state index contributed by atoms with van der Waals surface area (Å²) in [7, 11) is 0. The number of piperazine rings is 1. The molecule has 1 saturated heterocycles. The van der Waals surface area contributed by atoms with Gasteiger partial charge in [-0.25, -0.2) is 9.18 Å². The van der Waals surface area contributed by atoms with Gasteiger partial charge in [-0.05, 0) is 36.8 Å². The van der Waals surface area contributed by atoms with E-state index < -0.39 is 6.09 Å². The summed E-state index contributed by atoms with van der Waals surface area (Å²) in [6.45, 7) is 5.58. The lowest BCUT2D eigenvalue weighted by Crippen LogP contribution is -2.50. The second-order valence-electron chi connectivity index (χ2n) is 6.51. The van der Waals surface area contributed by atoms with Crippen LogP contribution in [-0.2, 0) is 16.1 Å². The summed E-state index contributed by atoms with van der Waals surface area (Å²) < 4.78 is 18.2. The van der Waals surface area contributed by atoms with Gasteiger partial charge in [0.25, 0.3) is 0 Å². The fraction of sp³-hybridized carbons (Fsp3) is 0.400. The quantitative estimate of drug-likeness (QED) is 0.803. The van der Waals surface area contributed by atoms with Crippen molar-refractivity contribution in [2.24, 2.45) is 0 Å². The van der Waals surface area contributed by atoms with E-state index in [4.69, 9.17) is 4.74 Å². The molecule has 1 aromatic heterocycles. The lowest BCUT2D eigenvalue weighted by molar-refractivity contribution is -0.131. The summed E-state index contributed by atoms with van der Waals surface area (Å²) in [5, 5.41) is 2.46. The van der Waals surface area contributed by atoms with Crippen LogP contribution in [0.1, 0.15) is 11.8 Å². The van der Waals surface area contributed by atoms with E-state index in [-0.39, 0.29) is 24.9 Å². The van der Waals surface area contributed by atoms with E-state index in [1.54, 1.807) is 35.3 Å². The van der Waals surface area contributed by atoms with Crippen molar-refractivity contribution < 1.29 is 18.7 Å². The second kappa shape index (κ2) is 9.66. The number of carbonyl (C=O) groups is 2. The van der Waals surface area contributed by atoms with Crippen LogP contribution in [-0.4, -0.2) is 61.1 Å². The average molecular weight is 405 g/mol. The Morgan fingerprint density at radius 3 is 2.68 bits per heavy atom.